The van der Waals surface area contributed by atoms with E-state index in [9.17, 15) is 9.59 Å². The largest absolute Gasteiger partial charge is 0.327 e. The second kappa shape index (κ2) is 6.33. The van der Waals surface area contributed by atoms with Gasteiger partial charge in [0.1, 0.15) is 0 Å². The molecule has 4 heteroatoms. The summed E-state index contributed by atoms with van der Waals surface area (Å²) in [5.74, 6) is 5.36. The Bertz CT molecular complexity index is 484. The highest BCUT2D eigenvalue weighted by atomic mass is 16.2. The van der Waals surface area contributed by atoms with E-state index in [0.29, 0.717) is 17.8 Å². The lowest BCUT2D eigenvalue weighted by molar-refractivity contribution is 0.101. The molecule has 0 aromatic heterocycles. The summed E-state index contributed by atoms with van der Waals surface area (Å²) >= 11 is 0. The van der Waals surface area contributed by atoms with Gasteiger partial charge in [0, 0.05) is 11.3 Å². The van der Waals surface area contributed by atoms with E-state index in [4.69, 9.17) is 0 Å². The summed E-state index contributed by atoms with van der Waals surface area (Å²) in [7, 11) is 0. The van der Waals surface area contributed by atoms with E-state index in [0.717, 1.165) is 0 Å². The molecule has 0 unspecified atom stereocenters. The Morgan fingerprint density at radius 2 is 2.12 bits per heavy atom. The van der Waals surface area contributed by atoms with Gasteiger partial charge in [-0.05, 0) is 26.0 Å². The molecule has 0 spiro atoms. The molecule has 0 atom stereocenters. The molecule has 0 aliphatic heterocycles. The van der Waals surface area contributed by atoms with Crippen molar-refractivity contribution in [3.8, 4) is 11.8 Å². The Morgan fingerprint density at radius 1 is 1.35 bits per heavy atom. The van der Waals surface area contributed by atoms with Crippen LogP contribution in [0.3, 0.4) is 0 Å². The predicted octanol–water partition coefficient (Wildman–Crippen LogP) is 2.03. The summed E-state index contributed by atoms with van der Waals surface area (Å²) in [4.78, 5) is 22.5. The third-order valence-corrected chi connectivity index (χ3v) is 2.04. The highest BCUT2D eigenvalue weighted by Gasteiger charge is 2.03. The monoisotopic (exact) mass is 230 g/mol. The van der Waals surface area contributed by atoms with Crippen LogP contribution in [0.5, 0.6) is 0 Å². The fourth-order valence-electron chi connectivity index (χ4n) is 1.20. The molecule has 2 amide bonds. The molecule has 0 heterocycles. The minimum atomic E-state index is -0.339. The molecule has 0 saturated carbocycles. The minimum absolute atomic E-state index is 0.0362. The molecule has 0 saturated heterocycles. The van der Waals surface area contributed by atoms with Gasteiger partial charge in [-0.3, -0.25) is 4.79 Å². The number of carbonyl (C=O) groups excluding carboxylic acids is 2. The zero-order chi connectivity index (χ0) is 12.7. The summed E-state index contributed by atoms with van der Waals surface area (Å²) in [6.07, 6.45) is 0. The van der Waals surface area contributed by atoms with Crippen molar-refractivity contribution < 1.29 is 9.59 Å². The third-order valence-electron chi connectivity index (χ3n) is 2.04. The first-order valence-corrected chi connectivity index (χ1v) is 5.19. The van der Waals surface area contributed by atoms with Crippen LogP contribution in [-0.4, -0.2) is 18.4 Å². The lowest BCUT2D eigenvalue weighted by atomic mass is 10.1. The minimum Gasteiger partial charge on any atom is -0.327 e. The number of hydrogen-bond acceptors (Lipinski definition) is 2. The Balaban J connectivity index is 2.61. The van der Waals surface area contributed by atoms with E-state index in [1.54, 1.807) is 31.2 Å². The number of Topliss-reactive ketones (excluding diaryl/α,β-unsaturated/α-hetero) is 1. The average molecular weight is 230 g/mol. The van der Waals surface area contributed by atoms with E-state index in [1.807, 2.05) is 0 Å². The number of carbonyl (C=O) groups is 2. The van der Waals surface area contributed by atoms with Crippen LogP contribution in [0.1, 0.15) is 24.2 Å². The van der Waals surface area contributed by atoms with Crippen LogP contribution in [0.4, 0.5) is 10.5 Å². The van der Waals surface area contributed by atoms with Gasteiger partial charge >= 0.3 is 6.03 Å². The average Bonchev–Trinajstić information content (AvgIpc) is 2.29. The van der Waals surface area contributed by atoms with Gasteiger partial charge in [0.05, 0.1) is 6.54 Å². The van der Waals surface area contributed by atoms with E-state index in [1.165, 1.54) is 6.92 Å². The molecule has 0 radical (unpaired) electrons. The molecule has 2 N–H and O–H groups in total. The molecular weight excluding hydrogens is 216 g/mol. The van der Waals surface area contributed by atoms with Crippen LogP contribution in [0.15, 0.2) is 24.3 Å². The highest BCUT2D eigenvalue weighted by Crippen LogP contribution is 2.10. The number of hydrogen-bond donors (Lipinski definition) is 2. The zero-order valence-electron chi connectivity index (χ0n) is 9.83. The number of nitrogens with one attached hydrogen (secondary N) is 2. The van der Waals surface area contributed by atoms with Crippen LogP contribution in [0, 0.1) is 11.8 Å². The van der Waals surface area contributed by atoms with E-state index < -0.39 is 0 Å². The molecule has 1 rings (SSSR count). The van der Waals surface area contributed by atoms with Gasteiger partial charge in [0.15, 0.2) is 5.78 Å². The van der Waals surface area contributed by atoms with E-state index >= 15 is 0 Å². The lowest BCUT2D eigenvalue weighted by Crippen LogP contribution is -2.28. The van der Waals surface area contributed by atoms with E-state index in [2.05, 4.69) is 22.5 Å². The van der Waals surface area contributed by atoms with Crippen molar-refractivity contribution in [2.45, 2.75) is 13.8 Å². The van der Waals surface area contributed by atoms with Gasteiger partial charge in [-0.25, -0.2) is 4.79 Å². The van der Waals surface area contributed by atoms with Gasteiger partial charge in [-0.2, -0.15) is 0 Å². The molecule has 0 fully saturated rings. The van der Waals surface area contributed by atoms with Gasteiger partial charge in [-0.1, -0.05) is 18.1 Å². The first-order valence-electron chi connectivity index (χ1n) is 5.19. The lowest BCUT2D eigenvalue weighted by Gasteiger charge is -2.06. The smallest absolute Gasteiger partial charge is 0.319 e. The second-order valence-electron chi connectivity index (χ2n) is 3.37. The SMILES string of the molecule is CC#CCNC(=O)Nc1cccc(C(C)=O)c1. The van der Waals surface area contributed by atoms with Crippen LogP contribution < -0.4 is 10.6 Å². The van der Waals surface area contributed by atoms with Crippen molar-refractivity contribution in [1.29, 1.82) is 0 Å². The van der Waals surface area contributed by atoms with Crippen LogP contribution in [0.25, 0.3) is 0 Å². The first kappa shape index (κ1) is 12.8. The van der Waals surface area contributed by atoms with Crippen molar-refractivity contribution >= 4 is 17.5 Å². The third kappa shape index (κ3) is 4.39. The molecule has 88 valence electrons. The topological polar surface area (TPSA) is 58.2 Å². The highest BCUT2D eigenvalue weighted by molar-refractivity contribution is 5.96. The first-order chi connectivity index (χ1) is 8.13. The van der Waals surface area contributed by atoms with Crippen molar-refractivity contribution in [3.05, 3.63) is 29.8 Å². The number of anilines is 1. The van der Waals surface area contributed by atoms with Gasteiger partial charge < -0.3 is 10.6 Å². The Labute approximate surface area is 100 Å². The number of ketones is 1. The van der Waals surface area contributed by atoms with Crippen LogP contribution in [0.2, 0.25) is 0 Å². The maximum absolute atomic E-state index is 11.4. The molecule has 0 bridgehead atoms. The van der Waals surface area contributed by atoms with Crippen molar-refractivity contribution in [1.82, 2.24) is 5.32 Å². The van der Waals surface area contributed by atoms with Gasteiger partial charge in [0.25, 0.3) is 0 Å². The fraction of sp³-hybridized carbons (Fsp3) is 0.231. The maximum Gasteiger partial charge on any atom is 0.319 e. The van der Waals surface area contributed by atoms with E-state index in [-0.39, 0.29) is 11.8 Å². The summed E-state index contributed by atoms with van der Waals surface area (Å²) in [6.45, 7) is 3.49. The summed E-state index contributed by atoms with van der Waals surface area (Å²) in [5.41, 5.74) is 1.15. The van der Waals surface area contributed by atoms with Crippen molar-refractivity contribution in [2.75, 3.05) is 11.9 Å². The number of amides is 2. The predicted molar refractivity (Wildman–Crippen MR) is 66.9 cm³/mol. The Morgan fingerprint density at radius 3 is 2.76 bits per heavy atom. The maximum atomic E-state index is 11.4. The molecule has 1 aromatic rings. The number of rotatable bonds is 3. The quantitative estimate of drug-likeness (QED) is 0.616. The second-order valence-corrected chi connectivity index (χ2v) is 3.37. The van der Waals surface area contributed by atoms with Crippen LogP contribution in [-0.2, 0) is 0 Å². The Kier molecular flexibility index (Phi) is 4.77. The molecule has 4 nitrogen and oxygen atoms in total. The fourth-order valence-corrected chi connectivity index (χ4v) is 1.20. The number of urea groups is 1. The molecule has 0 aliphatic rings. The zero-order valence-corrected chi connectivity index (χ0v) is 9.83. The van der Waals surface area contributed by atoms with Crippen LogP contribution >= 0.6 is 0 Å². The van der Waals surface area contributed by atoms with Gasteiger partial charge in [-0.15, -0.1) is 5.92 Å². The molecule has 1 aromatic carbocycles. The van der Waals surface area contributed by atoms with Gasteiger partial charge in [0.2, 0.25) is 0 Å². The number of benzene rings is 1. The molecule has 0 aliphatic carbocycles. The normalized spacial score (nSPS) is 8.82. The molecule has 17 heavy (non-hydrogen) atoms. The summed E-state index contributed by atoms with van der Waals surface area (Å²) < 4.78 is 0. The van der Waals surface area contributed by atoms with Crippen molar-refractivity contribution in [3.63, 3.8) is 0 Å². The van der Waals surface area contributed by atoms with Crippen molar-refractivity contribution in [2.24, 2.45) is 0 Å². The Hall–Kier alpha value is -2.28. The molecular formula is C13H14N2O2. The summed E-state index contributed by atoms with van der Waals surface area (Å²) in [6, 6.07) is 6.44. The standard InChI is InChI=1S/C13H14N2O2/c1-3-4-8-14-13(17)15-12-7-5-6-11(9-12)10(2)16/h5-7,9H,8H2,1-2H3,(H2,14,15,17). The summed E-state index contributed by atoms with van der Waals surface area (Å²) in [5, 5.41) is 5.20.